The molecule has 0 radical (unpaired) electrons. The van der Waals surface area contributed by atoms with E-state index in [-0.39, 0.29) is 5.92 Å². The maximum Gasteiger partial charge on any atom is 0.411 e. The van der Waals surface area contributed by atoms with Crippen molar-refractivity contribution in [2.24, 2.45) is 5.92 Å². The highest BCUT2D eigenvalue weighted by Crippen LogP contribution is 2.40. The highest BCUT2D eigenvalue weighted by molar-refractivity contribution is 5.47. The molecule has 2 aliphatic heterocycles. The van der Waals surface area contributed by atoms with E-state index >= 15 is 0 Å². The lowest BCUT2D eigenvalue weighted by atomic mass is 9.95. The molecule has 2 N–H and O–H groups in total. The highest BCUT2D eigenvalue weighted by Gasteiger charge is 2.46. The van der Waals surface area contributed by atoms with Gasteiger partial charge in [0.15, 0.2) is 5.76 Å². The fraction of sp³-hybridized carbons (Fsp3) is 0.625. The largest absolute Gasteiger partial charge is 0.411 e. The Morgan fingerprint density at radius 1 is 1.29 bits per heavy atom. The topological polar surface area (TPSA) is 51.8 Å². The minimum atomic E-state index is -4.44. The lowest BCUT2D eigenvalue weighted by Gasteiger charge is -2.35. The maximum absolute atomic E-state index is 12.7. The first-order chi connectivity index (χ1) is 11.4. The molecule has 1 aliphatic carbocycles. The Bertz CT molecular complexity index is 565. The quantitative estimate of drug-likeness (QED) is 0.750. The van der Waals surface area contributed by atoms with Crippen molar-refractivity contribution in [1.29, 1.82) is 0 Å². The lowest BCUT2D eigenvalue weighted by Crippen LogP contribution is -2.43. The summed E-state index contributed by atoms with van der Waals surface area (Å²) in [5.41, 5.74) is 3.71. The van der Waals surface area contributed by atoms with Gasteiger partial charge in [-0.1, -0.05) is 6.08 Å². The molecule has 1 fully saturated rings. The third kappa shape index (κ3) is 3.76. The zero-order chi connectivity index (χ0) is 17.2. The second-order valence-corrected chi connectivity index (χ2v) is 6.17. The van der Waals surface area contributed by atoms with Crippen LogP contribution in [0.25, 0.3) is 0 Å². The zero-order valence-electron chi connectivity index (χ0n) is 13.4. The maximum atomic E-state index is 12.7. The average molecular weight is 346 g/mol. The fourth-order valence-electron chi connectivity index (χ4n) is 3.08. The molecule has 1 atom stereocenters. The van der Waals surface area contributed by atoms with Gasteiger partial charge in [-0.3, -0.25) is 0 Å². The first-order valence-corrected chi connectivity index (χ1v) is 7.99. The number of allylic oxidation sites excluding steroid dienone is 3. The van der Waals surface area contributed by atoms with E-state index in [1.54, 1.807) is 19.1 Å². The summed E-state index contributed by atoms with van der Waals surface area (Å²) >= 11 is 0. The van der Waals surface area contributed by atoms with Crippen LogP contribution in [0.2, 0.25) is 0 Å². The summed E-state index contributed by atoms with van der Waals surface area (Å²) in [6.07, 6.45) is 2.18. The molecule has 24 heavy (non-hydrogen) atoms. The van der Waals surface area contributed by atoms with Gasteiger partial charge in [0, 0.05) is 0 Å². The van der Waals surface area contributed by atoms with Crippen LogP contribution in [0, 0.1) is 5.92 Å². The minimum Gasteiger partial charge on any atom is -0.382 e. The van der Waals surface area contributed by atoms with E-state index in [1.165, 1.54) is 6.08 Å². The molecule has 8 heteroatoms. The van der Waals surface area contributed by atoms with Crippen LogP contribution < -0.4 is 10.8 Å². The van der Waals surface area contributed by atoms with Crippen molar-refractivity contribution in [3.05, 3.63) is 35.3 Å². The number of alkyl halides is 3. The summed E-state index contributed by atoms with van der Waals surface area (Å²) in [7, 11) is 0. The Balaban J connectivity index is 1.80. The number of hydrogen-bond acceptors (Lipinski definition) is 5. The van der Waals surface area contributed by atoms with Gasteiger partial charge in [-0.25, -0.2) is 5.48 Å². The Morgan fingerprint density at radius 2 is 2.04 bits per heavy atom. The van der Waals surface area contributed by atoms with Crippen LogP contribution >= 0.6 is 0 Å². The Morgan fingerprint density at radius 3 is 2.75 bits per heavy atom. The molecule has 0 aromatic rings. The number of piperidine rings is 1. The van der Waals surface area contributed by atoms with E-state index in [9.17, 15) is 13.2 Å². The van der Waals surface area contributed by atoms with Crippen molar-refractivity contribution in [2.75, 3.05) is 26.3 Å². The van der Waals surface area contributed by atoms with Gasteiger partial charge >= 0.3 is 6.18 Å². The van der Waals surface area contributed by atoms with E-state index in [2.05, 4.69) is 10.8 Å². The molecule has 1 unspecified atom stereocenters. The molecule has 0 spiro atoms. The van der Waals surface area contributed by atoms with E-state index in [0.717, 1.165) is 25.9 Å². The van der Waals surface area contributed by atoms with Crippen molar-refractivity contribution in [2.45, 2.75) is 31.7 Å². The molecule has 3 aliphatic rings. The van der Waals surface area contributed by atoms with Gasteiger partial charge in [-0.15, -0.1) is 0 Å². The lowest BCUT2D eigenvalue weighted by molar-refractivity contribution is -0.251. The Kier molecular flexibility index (Phi) is 4.89. The normalized spacial score (nSPS) is 27.6. The first kappa shape index (κ1) is 17.3. The number of hydrogen-bond donors (Lipinski definition) is 2. The molecule has 0 saturated carbocycles. The summed E-state index contributed by atoms with van der Waals surface area (Å²) < 4.78 is 49.4. The van der Waals surface area contributed by atoms with Crippen LogP contribution in [-0.4, -0.2) is 38.3 Å². The number of ether oxygens (including phenoxy) is 2. The molecule has 134 valence electrons. The van der Waals surface area contributed by atoms with Crippen molar-refractivity contribution in [3.8, 4) is 0 Å². The summed E-state index contributed by atoms with van der Waals surface area (Å²) in [6.45, 7) is 2.42. The molecule has 0 aromatic heterocycles. The summed E-state index contributed by atoms with van der Waals surface area (Å²) in [4.78, 5) is 5.28. The van der Waals surface area contributed by atoms with Crippen LogP contribution in [0.15, 0.2) is 35.3 Å². The predicted molar refractivity (Wildman–Crippen MR) is 80.4 cm³/mol. The van der Waals surface area contributed by atoms with Crippen molar-refractivity contribution >= 4 is 0 Å². The number of rotatable bonds is 5. The van der Waals surface area contributed by atoms with E-state index < -0.39 is 18.6 Å². The summed E-state index contributed by atoms with van der Waals surface area (Å²) in [5, 5.41) is 3.25. The smallest absolute Gasteiger partial charge is 0.382 e. The second kappa shape index (κ2) is 6.78. The van der Waals surface area contributed by atoms with E-state index in [4.69, 9.17) is 14.3 Å². The summed E-state index contributed by atoms with van der Waals surface area (Å²) in [6, 6.07) is 0. The zero-order valence-corrected chi connectivity index (χ0v) is 13.4. The SMILES string of the molecule is CC1=C2C(=CC=CC2(OCC2CCNCC2)OCC(F)(F)F)ON1. The molecule has 0 bridgehead atoms. The second-order valence-electron chi connectivity index (χ2n) is 6.17. The van der Waals surface area contributed by atoms with Crippen LogP contribution in [0.5, 0.6) is 0 Å². The van der Waals surface area contributed by atoms with E-state index in [1.807, 2.05) is 0 Å². The highest BCUT2D eigenvalue weighted by atomic mass is 19.4. The third-order valence-electron chi connectivity index (χ3n) is 4.29. The third-order valence-corrected chi connectivity index (χ3v) is 4.29. The number of fused-ring (bicyclic) bond motifs is 1. The summed E-state index contributed by atoms with van der Waals surface area (Å²) in [5.74, 6) is -0.878. The molecule has 3 rings (SSSR count). The standard InChI is InChI=1S/C16H21F3N2O3/c1-11-14-13(24-21-11)3-2-6-15(14,23-10-16(17,18)19)22-9-12-4-7-20-8-5-12/h2-3,6,12,20-21H,4-5,7-10H2,1H3. The van der Waals surface area contributed by atoms with Gasteiger partial charge in [-0.05, 0) is 50.9 Å². The number of halogens is 3. The van der Waals surface area contributed by atoms with E-state index in [0.29, 0.717) is 23.6 Å². The molecule has 0 amide bonds. The van der Waals surface area contributed by atoms with Crippen molar-refractivity contribution in [1.82, 2.24) is 10.8 Å². The average Bonchev–Trinajstić information content (AvgIpc) is 2.94. The van der Waals surface area contributed by atoms with Gasteiger partial charge in [0.2, 0.25) is 5.79 Å². The molecular weight excluding hydrogens is 325 g/mol. The molecule has 5 nitrogen and oxygen atoms in total. The van der Waals surface area contributed by atoms with Gasteiger partial charge in [0.05, 0.1) is 17.9 Å². The Labute approximate surface area is 138 Å². The fourth-order valence-corrected chi connectivity index (χ4v) is 3.08. The van der Waals surface area contributed by atoms with Crippen LogP contribution in [0.4, 0.5) is 13.2 Å². The molecular formula is C16H21F3N2O3. The van der Waals surface area contributed by atoms with Crippen LogP contribution in [-0.2, 0) is 14.3 Å². The van der Waals surface area contributed by atoms with Crippen molar-refractivity contribution in [3.63, 3.8) is 0 Å². The molecule has 2 heterocycles. The van der Waals surface area contributed by atoms with Crippen LogP contribution in [0.3, 0.4) is 0 Å². The Hall–Kier alpha value is -1.51. The minimum absolute atomic E-state index is 0.288. The van der Waals surface area contributed by atoms with Crippen molar-refractivity contribution < 1.29 is 27.5 Å². The van der Waals surface area contributed by atoms with Gasteiger partial charge in [0.1, 0.15) is 6.61 Å². The molecule has 0 aromatic carbocycles. The number of hydroxylamine groups is 1. The van der Waals surface area contributed by atoms with Gasteiger partial charge in [-0.2, -0.15) is 13.2 Å². The van der Waals surface area contributed by atoms with Gasteiger partial charge < -0.3 is 19.6 Å². The van der Waals surface area contributed by atoms with Crippen LogP contribution in [0.1, 0.15) is 19.8 Å². The predicted octanol–water partition coefficient (Wildman–Crippen LogP) is 2.54. The molecule has 1 saturated heterocycles. The van der Waals surface area contributed by atoms with Gasteiger partial charge in [0.25, 0.3) is 0 Å². The number of nitrogens with one attached hydrogen (secondary N) is 2. The first-order valence-electron chi connectivity index (χ1n) is 7.99. The monoisotopic (exact) mass is 346 g/mol.